The molecule has 1 saturated heterocycles. The van der Waals surface area contributed by atoms with Crippen molar-refractivity contribution >= 4 is 20.2 Å². The molecule has 0 aromatic carbocycles. The van der Waals surface area contributed by atoms with Crippen LogP contribution in [-0.2, 0) is 14.0 Å². The van der Waals surface area contributed by atoms with E-state index in [2.05, 4.69) is 39.2 Å². The number of aliphatic carboxylic acids is 1. The summed E-state index contributed by atoms with van der Waals surface area (Å²) in [5, 5.41) is 11.8. The zero-order chi connectivity index (χ0) is 15.9. The molecule has 1 aliphatic rings. The van der Waals surface area contributed by atoms with Gasteiger partial charge in [-0.15, -0.1) is 0 Å². The lowest BCUT2D eigenvalue weighted by molar-refractivity contribution is -0.151. The number of carboxylic acid groups (broad SMARTS) is 1. The Morgan fingerprint density at radius 2 is 1.85 bits per heavy atom. The number of carbonyl (C=O) groups excluding carboxylic acids is 1. The fourth-order valence-electron chi connectivity index (χ4n) is 2.23. The maximum Gasteiger partial charge on any atom is 0.308 e. The van der Waals surface area contributed by atoms with Crippen molar-refractivity contribution in [2.75, 3.05) is 0 Å². The average Bonchev–Trinajstić information content (AvgIpc) is 2.21. The number of carbonyl (C=O) groups is 2. The third kappa shape index (κ3) is 3.23. The summed E-state index contributed by atoms with van der Waals surface area (Å²) in [5.41, 5.74) is 0. The normalized spacial score (nSPS) is 26.4. The standard InChI is InChI=1S/C14H27NO4Si/c1-8(13(17)18)11-10(12(16)15-11)9(2)19-20(6,7)14(3,4)5/h8-11H,1-7H3,(H,15,16)(H,17,18)/t8-,9-,10-,11?/m1/s1. The SMILES string of the molecule is C[C@@H](C(=O)O)C1NC(=O)[C@@H]1[C@@H](C)O[Si](C)(C)C(C)(C)C. The maximum absolute atomic E-state index is 11.8. The Kier molecular flexibility index (Phi) is 4.71. The van der Waals surface area contributed by atoms with Gasteiger partial charge in [0.2, 0.25) is 5.91 Å². The van der Waals surface area contributed by atoms with Crippen molar-refractivity contribution in [1.29, 1.82) is 0 Å². The number of carboxylic acids is 1. The van der Waals surface area contributed by atoms with Gasteiger partial charge >= 0.3 is 5.97 Å². The number of hydrogen-bond donors (Lipinski definition) is 2. The Hall–Kier alpha value is -0.883. The Morgan fingerprint density at radius 3 is 2.20 bits per heavy atom. The maximum atomic E-state index is 11.8. The van der Waals surface area contributed by atoms with Crippen LogP contribution in [0.1, 0.15) is 34.6 Å². The lowest BCUT2D eigenvalue weighted by atomic mass is 9.79. The van der Waals surface area contributed by atoms with Crippen molar-refractivity contribution in [3.63, 3.8) is 0 Å². The summed E-state index contributed by atoms with van der Waals surface area (Å²) in [6.45, 7) is 14.2. The van der Waals surface area contributed by atoms with E-state index >= 15 is 0 Å². The molecule has 2 N–H and O–H groups in total. The van der Waals surface area contributed by atoms with Gasteiger partial charge in [0.15, 0.2) is 8.32 Å². The van der Waals surface area contributed by atoms with Gasteiger partial charge in [-0.2, -0.15) is 0 Å². The molecule has 1 amide bonds. The highest BCUT2D eigenvalue weighted by Gasteiger charge is 2.50. The first-order chi connectivity index (χ1) is 8.88. The van der Waals surface area contributed by atoms with Crippen LogP contribution < -0.4 is 5.32 Å². The molecule has 1 unspecified atom stereocenters. The fourth-order valence-corrected chi connectivity index (χ4v) is 3.66. The van der Waals surface area contributed by atoms with Gasteiger partial charge in [-0.05, 0) is 32.0 Å². The van der Waals surface area contributed by atoms with Gasteiger partial charge in [0.05, 0.1) is 24.0 Å². The Bertz CT molecular complexity index is 402. The molecule has 116 valence electrons. The van der Waals surface area contributed by atoms with E-state index in [1.807, 2.05) is 6.92 Å². The first-order valence-corrected chi connectivity index (χ1v) is 10.0. The van der Waals surface area contributed by atoms with Crippen LogP contribution in [0.15, 0.2) is 0 Å². The molecule has 5 nitrogen and oxygen atoms in total. The average molecular weight is 301 g/mol. The number of hydrogen-bond acceptors (Lipinski definition) is 3. The summed E-state index contributed by atoms with van der Waals surface area (Å²) in [6.07, 6.45) is -0.253. The molecule has 0 spiro atoms. The second-order valence-corrected chi connectivity index (χ2v) is 12.0. The topological polar surface area (TPSA) is 75.6 Å². The minimum absolute atomic E-state index is 0.0649. The molecule has 0 aromatic rings. The molecule has 1 rings (SSSR count). The molecular formula is C14H27NO4Si. The molecule has 0 radical (unpaired) electrons. The van der Waals surface area contributed by atoms with Gasteiger partial charge < -0.3 is 14.8 Å². The predicted octanol–water partition coefficient (Wildman–Crippen LogP) is 2.23. The molecule has 4 atom stereocenters. The van der Waals surface area contributed by atoms with Gasteiger partial charge in [-0.1, -0.05) is 20.8 Å². The second-order valence-electron chi connectivity index (χ2n) is 7.27. The van der Waals surface area contributed by atoms with Crippen LogP contribution in [0.25, 0.3) is 0 Å². The minimum atomic E-state index is -1.96. The zero-order valence-electron chi connectivity index (χ0n) is 13.5. The van der Waals surface area contributed by atoms with E-state index in [4.69, 9.17) is 9.53 Å². The monoisotopic (exact) mass is 301 g/mol. The number of β-lactam (4-membered cyclic amide) rings is 1. The van der Waals surface area contributed by atoms with E-state index < -0.39 is 20.2 Å². The summed E-state index contributed by atoms with van der Waals surface area (Å²) in [7, 11) is -1.96. The Balaban J connectivity index is 2.78. The van der Waals surface area contributed by atoms with Crippen LogP contribution in [0, 0.1) is 11.8 Å². The molecule has 1 heterocycles. The van der Waals surface area contributed by atoms with Gasteiger partial charge in [-0.25, -0.2) is 0 Å². The Labute approximate surface area is 122 Å². The van der Waals surface area contributed by atoms with Crippen molar-refractivity contribution in [2.24, 2.45) is 11.8 Å². The molecule has 0 saturated carbocycles. The van der Waals surface area contributed by atoms with Crippen molar-refractivity contribution in [1.82, 2.24) is 5.32 Å². The molecule has 0 aliphatic carbocycles. The van der Waals surface area contributed by atoms with Crippen LogP contribution in [0.5, 0.6) is 0 Å². The molecule has 6 heteroatoms. The van der Waals surface area contributed by atoms with Gasteiger partial charge in [0.25, 0.3) is 0 Å². The van der Waals surface area contributed by atoms with E-state index in [1.54, 1.807) is 6.92 Å². The highest BCUT2D eigenvalue weighted by atomic mass is 28.4. The van der Waals surface area contributed by atoms with E-state index in [-0.39, 0.29) is 29.0 Å². The summed E-state index contributed by atoms with van der Waals surface area (Å²) < 4.78 is 6.22. The first kappa shape index (κ1) is 17.2. The minimum Gasteiger partial charge on any atom is -0.481 e. The van der Waals surface area contributed by atoms with Crippen LogP contribution in [0.2, 0.25) is 18.1 Å². The summed E-state index contributed by atoms with van der Waals surface area (Å²) in [4.78, 5) is 22.8. The van der Waals surface area contributed by atoms with Crippen molar-refractivity contribution < 1.29 is 19.1 Å². The van der Waals surface area contributed by atoms with Crippen LogP contribution in [0.3, 0.4) is 0 Å². The number of rotatable bonds is 5. The predicted molar refractivity (Wildman–Crippen MR) is 80.0 cm³/mol. The highest BCUT2D eigenvalue weighted by molar-refractivity contribution is 6.74. The molecular weight excluding hydrogens is 274 g/mol. The number of nitrogens with one attached hydrogen (secondary N) is 1. The van der Waals surface area contributed by atoms with Gasteiger partial charge in [-0.3, -0.25) is 9.59 Å². The molecule has 20 heavy (non-hydrogen) atoms. The molecule has 1 aliphatic heterocycles. The van der Waals surface area contributed by atoms with Gasteiger partial charge in [0, 0.05) is 0 Å². The Morgan fingerprint density at radius 1 is 1.35 bits per heavy atom. The molecule has 0 aromatic heterocycles. The van der Waals surface area contributed by atoms with Crippen molar-refractivity contribution in [2.45, 2.75) is 64.9 Å². The first-order valence-electron chi connectivity index (χ1n) is 7.09. The smallest absolute Gasteiger partial charge is 0.308 e. The third-order valence-corrected chi connectivity index (χ3v) is 9.29. The fraction of sp³-hybridized carbons (Fsp3) is 0.857. The van der Waals surface area contributed by atoms with E-state index in [0.29, 0.717) is 0 Å². The summed E-state index contributed by atoms with van der Waals surface area (Å²) in [6, 6.07) is -0.334. The van der Waals surface area contributed by atoms with Crippen molar-refractivity contribution in [3.05, 3.63) is 0 Å². The van der Waals surface area contributed by atoms with Crippen LogP contribution >= 0.6 is 0 Å². The number of amides is 1. The van der Waals surface area contributed by atoms with E-state index in [9.17, 15) is 9.59 Å². The van der Waals surface area contributed by atoms with Crippen LogP contribution in [-0.4, -0.2) is 37.4 Å². The lowest BCUT2D eigenvalue weighted by Crippen LogP contribution is -2.66. The van der Waals surface area contributed by atoms with E-state index in [1.165, 1.54) is 0 Å². The van der Waals surface area contributed by atoms with Crippen molar-refractivity contribution in [3.8, 4) is 0 Å². The van der Waals surface area contributed by atoms with E-state index in [0.717, 1.165) is 0 Å². The molecule has 0 bridgehead atoms. The van der Waals surface area contributed by atoms with Crippen LogP contribution in [0.4, 0.5) is 0 Å². The third-order valence-electron chi connectivity index (χ3n) is 4.72. The highest BCUT2D eigenvalue weighted by Crippen LogP contribution is 2.39. The molecule has 1 fully saturated rings. The quantitative estimate of drug-likeness (QED) is 0.603. The zero-order valence-corrected chi connectivity index (χ0v) is 14.5. The largest absolute Gasteiger partial charge is 0.481 e. The van der Waals surface area contributed by atoms with Gasteiger partial charge in [0.1, 0.15) is 0 Å². The summed E-state index contributed by atoms with van der Waals surface area (Å²) in [5.74, 6) is -1.95. The summed E-state index contributed by atoms with van der Waals surface area (Å²) >= 11 is 0. The second kappa shape index (κ2) is 5.48. The lowest BCUT2D eigenvalue weighted by Gasteiger charge is -2.46.